The molecule has 0 amide bonds. The zero-order valence-corrected chi connectivity index (χ0v) is 17.4. The summed E-state index contributed by atoms with van der Waals surface area (Å²) in [5, 5.41) is 0. The first kappa shape index (κ1) is 22.2. The van der Waals surface area contributed by atoms with E-state index in [2.05, 4.69) is 61.6 Å². The maximum absolute atomic E-state index is 5.23. The van der Waals surface area contributed by atoms with Crippen molar-refractivity contribution in [3.05, 3.63) is 12.4 Å². The molecule has 0 saturated heterocycles. The molecule has 0 aromatic rings. The Kier molecular flexibility index (Phi) is 8.46. The predicted octanol–water partition coefficient (Wildman–Crippen LogP) is 5.74. The van der Waals surface area contributed by atoms with E-state index in [0.29, 0.717) is 0 Å². The van der Waals surface area contributed by atoms with Crippen molar-refractivity contribution in [2.75, 3.05) is 0 Å². The van der Waals surface area contributed by atoms with Crippen LogP contribution in [-0.4, -0.2) is 13.8 Å². The van der Waals surface area contributed by atoms with E-state index >= 15 is 0 Å². The van der Waals surface area contributed by atoms with Gasteiger partial charge in [0.2, 0.25) is 0 Å². The maximum Gasteiger partial charge on any atom is 2.00 e. The molecule has 0 radical (unpaired) electrons. The van der Waals surface area contributed by atoms with Crippen LogP contribution in [0.5, 0.6) is 0 Å². The molecular formula is C16H35NSiTi. The van der Waals surface area contributed by atoms with Crippen LogP contribution < -0.4 is 0 Å². The van der Waals surface area contributed by atoms with Gasteiger partial charge in [-0.15, -0.1) is 5.54 Å². The molecule has 4 unspecified atom stereocenters. The minimum absolute atomic E-state index is 0. The van der Waals surface area contributed by atoms with Gasteiger partial charge in [-0.3, -0.25) is 0 Å². The molecular weight excluding hydrogens is 282 g/mol. The molecule has 112 valence electrons. The van der Waals surface area contributed by atoms with Crippen molar-refractivity contribution in [3.8, 4) is 0 Å². The van der Waals surface area contributed by atoms with Crippen molar-refractivity contribution >= 4 is 8.24 Å². The molecule has 3 heteroatoms. The van der Waals surface area contributed by atoms with Gasteiger partial charge in [-0.1, -0.05) is 75.3 Å². The van der Waals surface area contributed by atoms with E-state index in [4.69, 9.17) is 4.98 Å². The van der Waals surface area contributed by atoms with Crippen LogP contribution in [0.2, 0.25) is 18.6 Å². The largest absolute Gasteiger partial charge is 2.00 e. The topological polar surface area (TPSA) is 14.1 Å². The molecule has 19 heavy (non-hydrogen) atoms. The van der Waals surface area contributed by atoms with E-state index in [1.165, 1.54) is 0 Å². The van der Waals surface area contributed by atoms with Crippen LogP contribution in [0.3, 0.4) is 0 Å². The fourth-order valence-electron chi connectivity index (χ4n) is 4.32. The number of nitrogens with zero attached hydrogens (tertiary/aromatic N) is 1. The molecule has 0 heterocycles. The molecule has 0 N–H and O–H groups in total. The quantitative estimate of drug-likeness (QED) is 0.455. The number of rotatable bonds is 2. The van der Waals surface area contributed by atoms with E-state index in [-0.39, 0.29) is 34.7 Å². The molecule has 5 atom stereocenters. The third-order valence-electron chi connectivity index (χ3n) is 5.06. The summed E-state index contributed by atoms with van der Waals surface area (Å²) >= 11 is 0. The summed E-state index contributed by atoms with van der Waals surface area (Å²) < 4.78 is 0. The van der Waals surface area contributed by atoms with Crippen LogP contribution in [0, 0.1) is 31.1 Å². The summed E-state index contributed by atoms with van der Waals surface area (Å²) in [6.45, 7) is 21.5. The van der Waals surface area contributed by atoms with E-state index in [1.54, 1.807) is 0 Å². The Balaban J connectivity index is 0. The minimum Gasteiger partial charge on any atom is -0.660 e. The summed E-state index contributed by atoms with van der Waals surface area (Å²) in [6.07, 6.45) is 0. The zero-order chi connectivity index (χ0) is 13.6. The van der Waals surface area contributed by atoms with Gasteiger partial charge in [0.25, 0.3) is 0 Å². The Morgan fingerprint density at radius 2 is 1.11 bits per heavy atom. The Hall–Kier alpha value is 0.891. The fourth-order valence-corrected chi connectivity index (χ4v) is 9.37. The predicted molar refractivity (Wildman–Crippen MR) is 87.4 cm³/mol. The second-order valence-electron chi connectivity index (χ2n) is 7.90. The minimum atomic E-state index is -1.49. The van der Waals surface area contributed by atoms with Gasteiger partial charge in [0.15, 0.2) is 0 Å². The van der Waals surface area contributed by atoms with Gasteiger partial charge in [-0.05, 0) is 23.7 Å². The van der Waals surface area contributed by atoms with Gasteiger partial charge < -0.3 is 12.4 Å². The van der Waals surface area contributed by atoms with Crippen molar-refractivity contribution in [3.63, 3.8) is 0 Å². The second kappa shape index (κ2) is 7.24. The first-order chi connectivity index (χ1) is 7.47. The summed E-state index contributed by atoms with van der Waals surface area (Å²) in [6, 6.07) is 0. The molecule has 0 aromatic heterocycles. The third kappa shape index (κ3) is 4.98. The van der Waals surface area contributed by atoms with Gasteiger partial charge in [0.1, 0.15) is 0 Å². The average molecular weight is 317 g/mol. The Morgan fingerprint density at radius 1 is 0.789 bits per heavy atom. The third-order valence-corrected chi connectivity index (χ3v) is 8.99. The molecule has 0 spiro atoms. The SMILES string of the molecule is CC1C(C)C([Si](C)(C)[N-]C(C)(C)C)[C@H](C)C1C.[CH3-].[Ti+2]. The summed E-state index contributed by atoms with van der Waals surface area (Å²) in [4.78, 5) is 5.23. The molecule has 0 bridgehead atoms. The molecule has 0 aliphatic heterocycles. The first-order valence-electron chi connectivity index (χ1n) is 7.21. The Labute approximate surface area is 138 Å². The van der Waals surface area contributed by atoms with Crippen molar-refractivity contribution in [1.29, 1.82) is 0 Å². The molecule has 1 fully saturated rings. The Morgan fingerprint density at radius 3 is 1.37 bits per heavy atom. The summed E-state index contributed by atoms with van der Waals surface area (Å²) in [7, 11) is -1.49. The van der Waals surface area contributed by atoms with Gasteiger partial charge in [0, 0.05) is 0 Å². The van der Waals surface area contributed by atoms with Crippen LogP contribution in [0.25, 0.3) is 4.98 Å². The monoisotopic (exact) mass is 317 g/mol. The van der Waals surface area contributed by atoms with Gasteiger partial charge >= 0.3 is 21.7 Å². The van der Waals surface area contributed by atoms with Crippen molar-refractivity contribution in [2.45, 2.75) is 72.6 Å². The van der Waals surface area contributed by atoms with Crippen LogP contribution in [-0.2, 0) is 21.7 Å². The first-order valence-corrected chi connectivity index (χ1v) is 10.2. The van der Waals surface area contributed by atoms with E-state index < -0.39 is 8.24 Å². The van der Waals surface area contributed by atoms with Gasteiger partial charge in [-0.25, -0.2) is 0 Å². The Bertz CT molecular complexity index is 258. The number of hydrogen-bond donors (Lipinski definition) is 0. The average Bonchev–Trinajstić information content (AvgIpc) is 2.27. The standard InChI is InChI=1S/C15H32NSi.CH3.Ti/c1-10-11(2)13(4)14(12(10)3)17(8,9)16-15(5,6)7;;/h10-14H,1-9H3;1H3;/q2*-1;+2/t10?,11?,12-,13?,14?;;/m1../s1. The van der Waals surface area contributed by atoms with E-state index in [1.807, 2.05) is 0 Å². The summed E-state index contributed by atoms with van der Waals surface area (Å²) in [5.74, 6) is 3.40. The molecule has 1 rings (SSSR count). The molecule has 1 aliphatic rings. The smallest absolute Gasteiger partial charge is 0.660 e. The van der Waals surface area contributed by atoms with Gasteiger partial charge in [-0.2, -0.15) is 0 Å². The molecule has 1 aliphatic carbocycles. The number of hydrogen-bond acceptors (Lipinski definition) is 0. The van der Waals surface area contributed by atoms with Crippen molar-refractivity contribution < 1.29 is 21.7 Å². The van der Waals surface area contributed by atoms with E-state index in [9.17, 15) is 0 Å². The van der Waals surface area contributed by atoms with Gasteiger partial charge in [0.05, 0.1) is 0 Å². The van der Waals surface area contributed by atoms with Crippen LogP contribution in [0.4, 0.5) is 0 Å². The summed E-state index contributed by atoms with van der Waals surface area (Å²) in [5.41, 5.74) is 0.983. The van der Waals surface area contributed by atoms with Crippen LogP contribution >= 0.6 is 0 Å². The van der Waals surface area contributed by atoms with Crippen molar-refractivity contribution in [1.82, 2.24) is 0 Å². The molecule has 1 saturated carbocycles. The molecule has 0 aromatic carbocycles. The molecule has 1 nitrogen and oxygen atoms in total. The van der Waals surface area contributed by atoms with Crippen molar-refractivity contribution in [2.24, 2.45) is 23.7 Å². The maximum atomic E-state index is 5.23. The van der Waals surface area contributed by atoms with Crippen LogP contribution in [0.15, 0.2) is 0 Å². The van der Waals surface area contributed by atoms with Crippen LogP contribution in [0.1, 0.15) is 48.5 Å². The second-order valence-corrected chi connectivity index (χ2v) is 12.1. The fraction of sp³-hybridized carbons (Fsp3) is 0.938. The normalized spacial score (nSPS) is 35.5. The zero-order valence-electron chi connectivity index (χ0n) is 14.8. The van der Waals surface area contributed by atoms with E-state index in [0.717, 1.165) is 29.2 Å².